The van der Waals surface area contributed by atoms with Crippen LogP contribution in [0.15, 0.2) is 28.9 Å². The van der Waals surface area contributed by atoms with Crippen LogP contribution in [0.3, 0.4) is 0 Å². The van der Waals surface area contributed by atoms with Crippen LogP contribution >= 0.6 is 15.9 Å². The number of rotatable bonds is 4. The first-order chi connectivity index (χ1) is 8.08. The first-order valence-electron chi connectivity index (χ1n) is 5.29. The minimum absolute atomic E-state index is 0.532. The minimum atomic E-state index is -0.842. The average molecular weight is 297 g/mol. The molecule has 0 saturated carbocycles. The lowest BCUT2D eigenvalue weighted by Crippen LogP contribution is -2.32. The first-order valence-corrected chi connectivity index (χ1v) is 6.09. The molecule has 90 valence electrons. The smallest absolute Gasteiger partial charge is 0.320 e. The molecule has 1 unspecified atom stereocenters. The van der Waals surface area contributed by atoms with Gasteiger partial charge in [0.05, 0.1) is 0 Å². The zero-order chi connectivity index (χ0) is 12.4. The monoisotopic (exact) mass is 296 g/mol. The molecule has 2 aromatic rings. The van der Waals surface area contributed by atoms with E-state index >= 15 is 0 Å². The lowest BCUT2D eigenvalue weighted by atomic mass is 10.1. The molecule has 0 radical (unpaired) electrons. The van der Waals surface area contributed by atoms with Crippen molar-refractivity contribution in [3.63, 3.8) is 0 Å². The van der Waals surface area contributed by atoms with Crippen molar-refractivity contribution in [2.75, 3.05) is 0 Å². The highest BCUT2D eigenvalue weighted by molar-refractivity contribution is 9.10. The van der Waals surface area contributed by atoms with E-state index in [0.29, 0.717) is 6.54 Å². The number of H-pyrrole nitrogens is 1. The number of carboxylic acids is 1. The maximum atomic E-state index is 10.7. The number of halogens is 1. The van der Waals surface area contributed by atoms with Gasteiger partial charge in [-0.1, -0.05) is 15.9 Å². The van der Waals surface area contributed by atoms with Crippen molar-refractivity contribution < 1.29 is 9.90 Å². The van der Waals surface area contributed by atoms with E-state index in [1.807, 2.05) is 24.4 Å². The van der Waals surface area contributed by atoms with Gasteiger partial charge in [0.2, 0.25) is 0 Å². The summed E-state index contributed by atoms with van der Waals surface area (Å²) in [6, 6.07) is 5.43. The maximum Gasteiger partial charge on any atom is 0.320 e. The normalized spacial score (nSPS) is 12.8. The van der Waals surface area contributed by atoms with Gasteiger partial charge in [0.15, 0.2) is 0 Å². The van der Waals surface area contributed by atoms with E-state index in [-0.39, 0.29) is 0 Å². The molecule has 1 atom stereocenters. The van der Waals surface area contributed by atoms with Crippen molar-refractivity contribution in [3.8, 4) is 0 Å². The Morgan fingerprint density at radius 2 is 2.35 bits per heavy atom. The highest BCUT2D eigenvalue weighted by atomic mass is 79.9. The minimum Gasteiger partial charge on any atom is -0.480 e. The molecule has 0 aliphatic carbocycles. The van der Waals surface area contributed by atoms with Crippen LogP contribution in [0.2, 0.25) is 0 Å². The summed E-state index contributed by atoms with van der Waals surface area (Å²) in [6.07, 6.45) is 1.90. The quantitative estimate of drug-likeness (QED) is 0.812. The molecule has 0 spiro atoms. The van der Waals surface area contributed by atoms with Crippen LogP contribution in [0.1, 0.15) is 12.5 Å². The van der Waals surface area contributed by atoms with Crippen molar-refractivity contribution in [2.45, 2.75) is 19.5 Å². The number of aromatic amines is 1. The Hall–Kier alpha value is -1.33. The van der Waals surface area contributed by atoms with E-state index in [9.17, 15) is 4.79 Å². The SMILES string of the molecule is CC(NCc1c[nH]c2ccc(Br)cc12)C(=O)O. The van der Waals surface area contributed by atoms with Crippen molar-refractivity contribution in [2.24, 2.45) is 0 Å². The predicted octanol–water partition coefficient (Wildman–Crippen LogP) is 2.49. The van der Waals surface area contributed by atoms with Crippen LogP contribution < -0.4 is 5.32 Å². The second kappa shape index (κ2) is 4.89. The summed E-state index contributed by atoms with van der Waals surface area (Å²) >= 11 is 3.43. The molecular formula is C12H13BrN2O2. The fourth-order valence-electron chi connectivity index (χ4n) is 1.65. The predicted molar refractivity (Wildman–Crippen MR) is 69.9 cm³/mol. The molecular weight excluding hydrogens is 284 g/mol. The summed E-state index contributed by atoms with van der Waals surface area (Å²) in [7, 11) is 0. The summed E-state index contributed by atoms with van der Waals surface area (Å²) in [6.45, 7) is 2.16. The zero-order valence-corrected chi connectivity index (χ0v) is 10.9. The molecule has 0 fully saturated rings. The molecule has 1 heterocycles. The Morgan fingerprint density at radius 3 is 3.06 bits per heavy atom. The molecule has 0 aliphatic heterocycles. The van der Waals surface area contributed by atoms with Crippen molar-refractivity contribution in [3.05, 3.63) is 34.4 Å². The Morgan fingerprint density at radius 1 is 1.59 bits per heavy atom. The van der Waals surface area contributed by atoms with E-state index in [2.05, 4.69) is 26.2 Å². The van der Waals surface area contributed by atoms with Gasteiger partial charge in [-0.15, -0.1) is 0 Å². The molecule has 2 rings (SSSR count). The Bertz CT molecular complexity index is 550. The molecule has 17 heavy (non-hydrogen) atoms. The fraction of sp³-hybridized carbons (Fsp3) is 0.250. The van der Waals surface area contributed by atoms with E-state index < -0.39 is 12.0 Å². The van der Waals surface area contributed by atoms with Crippen LogP contribution in [0.25, 0.3) is 10.9 Å². The summed E-state index contributed by atoms with van der Waals surface area (Å²) < 4.78 is 1.01. The molecule has 0 aliphatic rings. The number of hydrogen-bond donors (Lipinski definition) is 3. The molecule has 0 saturated heterocycles. The van der Waals surface area contributed by atoms with Gasteiger partial charge in [-0.05, 0) is 30.7 Å². The van der Waals surface area contributed by atoms with E-state index in [1.165, 1.54) is 0 Å². The number of aliphatic carboxylic acids is 1. The zero-order valence-electron chi connectivity index (χ0n) is 9.33. The molecule has 4 nitrogen and oxygen atoms in total. The standard InChI is InChI=1S/C12H13BrN2O2/c1-7(12(16)17)14-5-8-6-15-11-3-2-9(13)4-10(8)11/h2-4,6-7,14-15H,5H2,1H3,(H,16,17). The third-order valence-electron chi connectivity index (χ3n) is 2.70. The Balaban J connectivity index is 2.19. The maximum absolute atomic E-state index is 10.7. The largest absolute Gasteiger partial charge is 0.480 e. The molecule has 1 aromatic heterocycles. The van der Waals surface area contributed by atoms with Gasteiger partial charge in [0, 0.05) is 28.1 Å². The van der Waals surface area contributed by atoms with Crippen molar-refractivity contribution in [1.82, 2.24) is 10.3 Å². The van der Waals surface area contributed by atoms with Gasteiger partial charge in [-0.25, -0.2) is 0 Å². The second-order valence-corrected chi connectivity index (χ2v) is 4.86. The molecule has 0 amide bonds. The summed E-state index contributed by atoms with van der Waals surface area (Å²) in [5, 5.41) is 12.9. The highest BCUT2D eigenvalue weighted by Crippen LogP contribution is 2.22. The average Bonchev–Trinajstić information content (AvgIpc) is 2.68. The number of nitrogens with one attached hydrogen (secondary N) is 2. The van der Waals surface area contributed by atoms with Crippen molar-refractivity contribution >= 4 is 32.8 Å². The van der Waals surface area contributed by atoms with Gasteiger partial charge in [0.1, 0.15) is 6.04 Å². The molecule has 0 bridgehead atoms. The summed E-state index contributed by atoms with van der Waals surface area (Å²) in [4.78, 5) is 13.9. The molecule has 5 heteroatoms. The third-order valence-corrected chi connectivity index (χ3v) is 3.19. The van der Waals surface area contributed by atoms with Crippen LogP contribution in [0.5, 0.6) is 0 Å². The number of hydrogen-bond acceptors (Lipinski definition) is 2. The third kappa shape index (κ3) is 2.68. The number of benzene rings is 1. The number of fused-ring (bicyclic) bond motifs is 1. The van der Waals surface area contributed by atoms with Crippen LogP contribution in [-0.4, -0.2) is 22.1 Å². The summed E-state index contributed by atoms with van der Waals surface area (Å²) in [5.41, 5.74) is 2.11. The summed E-state index contributed by atoms with van der Waals surface area (Å²) in [5.74, 6) is -0.842. The molecule has 1 aromatic carbocycles. The molecule has 3 N–H and O–H groups in total. The van der Waals surface area contributed by atoms with Crippen molar-refractivity contribution in [1.29, 1.82) is 0 Å². The van der Waals surface area contributed by atoms with E-state index in [4.69, 9.17) is 5.11 Å². The van der Waals surface area contributed by atoms with Crippen LogP contribution in [0, 0.1) is 0 Å². The fourth-order valence-corrected chi connectivity index (χ4v) is 2.01. The van der Waals surface area contributed by atoms with Crippen LogP contribution in [-0.2, 0) is 11.3 Å². The van der Waals surface area contributed by atoms with Gasteiger partial charge < -0.3 is 15.4 Å². The number of carboxylic acid groups (broad SMARTS) is 1. The van der Waals surface area contributed by atoms with E-state index in [1.54, 1.807) is 6.92 Å². The lowest BCUT2D eigenvalue weighted by molar-refractivity contribution is -0.139. The lowest BCUT2D eigenvalue weighted by Gasteiger charge is -2.08. The van der Waals surface area contributed by atoms with Crippen LogP contribution in [0.4, 0.5) is 0 Å². The number of carbonyl (C=O) groups is 1. The van der Waals surface area contributed by atoms with Gasteiger partial charge in [-0.3, -0.25) is 4.79 Å². The highest BCUT2D eigenvalue weighted by Gasteiger charge is 2.11. The van der Waals surface area contributed by atoms with Gasteiger partial charge >= 0.3 is 5.97 Å². The second-order valence-electron chi connectivity index (χ2n) is 3.94. The first kappa shape index (κ1) is 12.1. The van der Waals surface area contributed by atoms with E-state index in [0.717, 1.165) is 20.9 Å². The van der Waals surface area contributed by atoms with Gasteiger partial charge in [-0.2, -0.15) is 0 Å². The topological polar surface area (TPSA) is 65.1 Å². The number of aromatic nitrogens is 1. The Kier molecular flexibility index (Phi) is 3.49. The van der Waals surface area contributed by atoms with Gasteiger partial charge in [0.25, 0.3) is 0 Å². The Labute approximate surface area is 107 Å².